The fraction of sp³-hybridized carbons (Fsp3) is 0.440. The van der Waals surface area contributed by atoms with Crippen LogP contribution in [0.3, 0.4) is 0 Å². The number of fused-ring (bicyclic) bond motifs is 2. The second-order valence-corrected chi connectivity index (χ2v) is 9.65. The minimum absolute atomic E-state index is 0.0524. The van der Waals surface area contributed by atoms with Crippen molar-refractivity contribution in [3.63, 3.8) is 0 Å². The fourth-order valence-electron chi connectivity index (χ4n) is 6.05. The molecule has 8 nitrogen and oxygen atoms in total. The molecule has 1 amide bonds. The predicted molar refractivity (Wildman–Crippen MR) is 127 cm³/mol. The first-order chi connectivity index (χ1) is 16.5. The van der Waals surface area contributed by atoms with Crippen LogP contribution >= 0.6 is 0 Å². The van der Waals surface area contributed by atoms with Crippen molar-refractivity contribution in [2.45, 2.75) is 30.7 Å². The number of amides is 1. The van der Waals surface area contributed by atoms with Gasteiger partial charge in [-0.1, -0.05) is 0 Å². The van der Waals surface area contributed by atoms with Crippen molar-refractivity contribution >= 4 is 22.5 Å². The van der Waals surface area contributed by atoms with Crippen LogP contribution in [0.4, 0.5) is 10.1 Å². The highest BCUT2D eigenvalue weighted by Crippen LogP contribution is 2.64. The summed E-state index contributed by atoms with van der Waals surface area (Å²) >= 11 is 0. The lowest BCUT2D eigenvalue weighted by molar-refractivity contribution is 0.0958. The Kier molecular flexibility index (Phi) is 4.91. The van der Waals surface area contributed by atoms with Gasteiger partial charge in [0.1, 0.15) is 17.3 Å². The molecule has 3 aliphatic rings. The van der Waals surface area contributed by atoms with Crippen LogP contribution in [0.25, 0.3) is 10.9 Å². The first kappa shape index (κ1) is 21.2. The first-order valence-electron chi connectivity index (χ1n) is 11.9. The molecule has 1 saturated heterocycles. The molecule has 3 atom stereocenters. The summed E-state index contributed by atoms with van der Waals surface area (Å²) < 4.78 is 13.6. The Balaban J connectivity index is 1.13. The van der Waals surface area contributed by atoms with Gasteiger partial charge in [-0.05, 0) is 55.5 Å². The van der Waals surface area contributed by atoms with Crippen molar-refractivity contribution in [2.24, 2.45) is 5.92 Å². The van der Waals surface area contributed by atoms with E-state index in [2.05, 4.69) is 25.1 Å². The van der Waals surface area contributed by atoms with E-state index in [4.69, 9.17) is 4.98 Å². The molecule has 1 aliphatic heterocycles. The van der Waals surface area contributed by atoms with E-state index >= 15 is 0 Å². The van der Waals surface area contributed by atoms with Gasteiger partial charge in [0.05, 0.1) is 22.8 Å². The van der Waals surface area contributed by atoms with Crippen LogP contribution in [0.2, 0.25) is 0 Å². The average molecular weight is 463 g/mol. The number of rotatable bonds is 4. The number of piperazine rings is 1. The first-order valence-corrected chi connectivity index (χ1v) is 11.9. The maximum atomic E-state index is 13.6. The molecule has 0 bridgehead atoms. The number of hydrogen-bond donors (Lipinski definition) is 2. The molecular formula is C25H27FN6O2. The van der Waals surface area contributed by atoms with Gasteiger partial charge in [-0.2, -0.15) is 0 Å². The molecular weight excluding hydrogens is 435 g/mol. The van der Waals surface area contributed by atoms with Gasteiger partial charge in [0.15, 0.2) is 0 Å². The minimum Gasteiger partial charge on any atom is -0.368 e. The van der Waals surface area contributed by atoms with Crippen LogP contribution in [0.1, 0.15) is 35.6 Å². The second kappa shape index (κ2) is 7.87. The Morgan fingerprint density at radius 2 is 2.03 bits per heavy atom. The Hall–Kier alpha value is -3.33. The molecule has 0 spiro atoms. The molecule has 34 heavy (non-hydrogen) atoms. The van der Waals surface area contributed by atoms with Gasteiger partial charge < -0.3 is 15.2 Å². The number of H-pyrrole nitrogens is 1. The average Bonchev–Trinajstić information content (AvgIpc) is 3.49. The van der Waals surface area contributed by atoms with Gasteiger partial charge in [-0.25, -0.2) is 14.4 Å². The number of nitrogens with zero attached hydrogens (tertiary/aromatic N) is 4. The molecule has 2 aromatic heterocycles. The minimum atomic E-state index is -0.423. The van der Waals surface area contributed by atoms with E-state index in [1.54, 1.807) is 25.4 Å². The van der Waals surface area contributed by atoms with Crippen LogP contribution in [0.5, 0.6) is 0 Å². The highest BCUT2D eigenvalue weighted by Gasteiger charge is 2.65. The molecule has 0 radical (unpaired) electrons. The zero-order valence-electron chi connectivity index (χ0n) is 19.1. The zero-order valence-corrected chi connectivity index (χ0v) is 19.1. The molecule has 3 heterocycles. The number of aromatic nitrogens is 3. The third-order valence-corrected chi connectivity index (χ3v) is 7.98. The van der Waals surface area contributed by atoms with Gasteiger partial charge >= 0.3 is 0 Å². The maximum absolute atomic E-state index is 13.6. The lowest BCUT2D eigenvalue weighted by Crippen LogP contribution is -2.50. The topological polar surface area (TPSA) is 94.2 Å². The standard InChI is InChI=1S/C25H27FN6O2/c1-27-23(34)20-5-3-16(14-28-20)31-8-10-32(11-9-31)21-6-7-25(13-18(21)25)24-29-19-4-2-15(26)12-17(19)22(33)30-24/h2-5,12,14,18,21H,6-11,13H2,1H3,(H,27,34)(H,29,30,33). The van der Waals surface area contributed by atoms with Crippen molar-refractivity contribution in [1.82, 2.24) is 25.2 Å². The Bertz CT molecular complexity index is 1320. The van der Waals surface area contributed by atoms with Crippen molar-refractivity contribution in [1.29, 1.82) is 0 Å². The Morgan fingerprint density at radius 1 is 1.21 bits per heavy atom. The molecule has 2 aliphatic carbocycles. The predicted octanol–water partition coefficient (Wildman–Crippen LogP) is 2.06. The SMILES string of the molecule is CNC(=O)c1ccc(N2CCN(C3CCC4(c5nc6ccc(F)cc6c(=O)[nH]5)CC34)CC2)cn1. The smallest absolute Gasteiger partial charge is 0.269 e. The number of carbonyl (C=O) groups excluding carboxylic acids is 1. The number of benzene rings is 1. The summed E-state index contributed by atoms with van der Waals surface area (Å²) in [6, 6.07) is 8.43. The van der Waals surface area contributed by atoms with E-state index in [0.717, 1.165) is 57.0 Å². The third kappa shape index (κ3) is 3.37. The number of anilines is 1. The lowest BCUT2D eigenvalue weighted by Gasteiger charge is -2.39. The fourth-order valence-corrected chi connectivity index (χ4v) is 6.05. The summed E-state index contributed by atoms with van der Waals surface area (Å²) in [5.74, 6) is 0.659. The zero-order chi connectivity index (χ0) is 23.4. The molecule has 1 aromatic carbocycles. The highest BCUT2D eigenvalue weighted by atomic mass is 19.1. The molecule has 3 fully saturated rings. The quantitative estimate of drug-likeness (QED) is 0.617. The van der Waals surface area contributed by atoms with E-state index in [1.165, 1.54) is 12.1 Å². The maximum Gasteiger partial charge on any atom is 0.269 e. The molecule has 2 saturated carbocycles. The van der Waals surface area contributed by atoms with E-state index in [-0.39, 0.29) is 16.9 Å². The largest absolute Gasteiger partial charge is 0.368 e. The van der Waals surface area contributed by atoms with Crippen molar-refractivity contribution in [3.05, 3.63) is 64.2 Å². The van der Waals surface area contributed by atoms with Gasteiger partial charge in [0, 0.05) is 44.7 Å². The van der Waals surface area contributed by atoms with E-state index in [0.29, 0.717) is 28.6 Å². The van der Waals surface area contributed by atoms with Gasteiger partial charge in [-0.3, -0.25) is 14.5 Å². The number of pyridine rings is 1. The lowest BCUT2D eigenvalue weighted by atomic mass is 10.0. The van der Waals surface area contributed by atoms with E-state index in [9.17, 15) is 14.0 Å². The van der Waals surface area contributed by atoms with E-state index < -0.39 is 5.82 Å². The molecule has 9 heteroatoms. The molecule has 176 valence electrons. The number of nitrogens with one attached hydrogen (secondary N) is 2. The summed E-state index contributed by atoms with van der Waals surface area (Å²) in [6.07, 6.45) is 4.93. The Morgan fingerprint density at radius 3 is 2.74 bits per heavy atom. The number of carbonyl (C=O) groups is 1. The number of aromatic amines is 1. The third-order valence-electron chi connectivity index (χ3n) is 7.98. The van der Waals surface area contributed by atoms with Crippen molar-refractivity contribution in [3.8, 4) is 0 Å². The van der Waals surface area contributed by atoms with Gasteiger partial charge in [-0.15, -0.1) is 0 Å². The van der Waals surface area contributed by atoms with Gasteiger partial charge in [0.25, 0.3) is 11.5 Å². The second-order valence-electron chi connectivity index (χ2n) is 9.65. The normalized spacial score (nSPS) is 26.5. The summed E-state index contributed by atoms with van der Waals surface area (Å²) in [5, 5.41) is 2.90. The highest BCUT2D eigenvalue weighted by molar-refractivity contribution is 5.92. The van der Waals surface area contributed by atoms with Crippen molar-refractivity contribution in [2.75, 3.05) is 38.1 Å². The number of halogens is 1. The molecule has 6 rings (SSSR count). The van der Waals surface area contributed by atoms with Crippen LogP contribution in [-0.4, -0.2) is 65.0 Å². The van der Waals surface area contributed by atoms with Crippen molar-refractivity contribution < 1.29 is 9.18 Å². The summed E-state index contributed by atoms with van der Waals surface area (Å²) in [4.78, 5) is 41.2. The van der Waals surface area contributed by atoms with E-state index in [1.807, 2.05) is 6.07 Å². The monoisotopic (exact) mass is 462 g/mol. The number of hydrogen-bond acceptors (Lipinski definition) is 6. The summed E-state index contributed by atoms with van der Waals surface area (Å²) in [6.45, 7) is 3.76. The molecule has 3 unspecified atom stereocenters. The van der Waals surface area contributed by atoms with Crippen LogP contribution in [0.15, 0.2) is 41.3 Å². The Labute approximate surface area is 196 Å². The molecule has 3 aromatic rings. The van der Waals surface area contributed by atoms with Crippen LogP contribution in [0, 0.1) is 11.7 Å². The summed E-state index contributed by atoms with van der Waals surface area (Å²) in [7, 11) is 1.60. The van der Waals surface area contributed by atoms with Crippen LogP contribution < -0.4 is 15.8 Å². The van der Waals surface area contributed by atoms with Gasteiger partial charge in [0.2, 0.25) is 0 Å². The molecule has 2 N–H and O–H groups in total. The van der Waals surface area contributed by atoms with Crippen LogP contribution in [-0.2, 0) is 5.41 Å². The summed E-state index contributed by atoms with van der Waals surface area (Å²) in [5.41, 5.74) is 1.71.